The van der Waals surface area contributed by atoms with E-state index in [9.17, 15) is 8.42 Å². The van der Waals surface area contributed by atoms with Crippen molar-refractivity contribution in [3.05, 3.63) is 24.3 Å². The number of allylic oxidation sites excluding steroid dienone is 4. The minimum atomic E-state index is -3.36. The maximum atomic E-state index is 11.0. The molecule has 16 heavy (non-hydrogen) atoms. The molecule has 0 fully saturated rings. The zero-order chi connectivity index (χ0) is 12.2. The molecule has 0 N–H and O–H groups in total. The van der Waals surface area contributed by atoms with Crippen molar-refractivity contribution in [2.75, 3.05) is 18.2 Å². The summed E-state index contributed by atoms with van der Waals surface area (Å²) in [6.07, 6.45) is 10.2. The van der Waals surface area contributed by atoms with Gasteiger partial charge in [0, 0.05) is 10.7 Å². The Labute approximate surface area is 106 Å². The Morgan fingerprint density at radius 2 is 1.94 bits per heavy atom. The highest BCUT2D eigenvalue weighted by molar-refractivity contribution is 9.09. The van der Waals surface area contributed by atoms with E-state index in [2.05, 4.69) is 28.1 Å². The molecule has 1 atom stereocenters. The second-order valence-electron chi connectivity index (χ2n) is 4.55. The Morgan fingerprint density at radius 1 is 1.38 bits per heavy atom. The van der Waals surface area contributed by atoms with Gasteiger partial charge >= 0.3 is 0 Å². The molecule has 0 amide bonds. The highest BCUT2D eigenvalue weighted by Gasteiger charge is 2.28. The lowest BCUT2D eigenvalue weighted by Gasteiger charge is -2.28. The van der Waals surface area contributed by atoms with Gasteiger partial charge in [-0.1, -0.05) is 47.2 Å². The molecule has 0 aromatic carbocycles. The summed E-state index contributed by atoms with van der Waals surface area (Å²) in [5.74, 6) is 0.380. The Bertz CT molecular complexity index is 374. The fourth-order valence-electron chi connectivity index (χ4n) is 1.58. The molecule has 1 unspecified atom stereocenters. The van der Waals surface area contributed by atoms with Crippen LogP contribution in [-0.2, 0) is 14.3 Å². The van der Waals surface area contributed by atoms with Gasteiger partial charge in [0.05, 0.1) is 12.9 Å². The van der Waals surface area contributed by atoms with Crippen molar-refractivity contribution in [3.8, 4) is 0 Å². The Balaban J connectivity index is 2.55. The summed E-state index contributed by atoms with van der Waals surface area (Å²) in [5.41, 5.74) is -0.174. The fourth-order valence-corrected chi connectivity index (χ4v) is 2.47. The van der Waals surface area contributed by atoms with Crippen LogP contribution in [0.2, 0.25) is 0 Å². The Hall–Kier alpha value is -0.130. The summed E-state index contributed by atoms with van der Waals surface area (Å²) in [6, 6.07) is 0. The Kier molecular flexibility index (Phi) is 4.76. The smallest absolute Gasteiger partial charge is 0.264 e. The third kappa shape index (κ3) is 4.80. The highest BCUT2D eigenvalue weighted by atomic mass is 79.9. The number of hydrogen-bond acceptors (Lipinski definition) is 3. The van der Waals surface area contributed by atoms with E-state index in [0.29, 0.717) is 11.2 Å². The van der Waals surface area contributed by atoms with Crippen molar-refractivity contribution in [1.29, 1.82) is 0 Å². The first-order valence-electron chi connectivity index (χ1n) is 5.10. The molecule has 0 bridgehead atoms. The van der Waals surface area contributed by atoms with Crippen molar-refractivity contribution < 1.29 is 12.6 Å². The van der Waals surface area contributed by atoms with Crippen LogP contribution >= 0.6 is 15.9 Å². The van der Waals surface area contributed by atoms with Gasteiger partial charge < -0.3 is 0 Å². The van der Waals surface area contributed by atoms with E-state index in [4.69, 9.17) is 4.18 Å². The number of hydrogen-bond donors (Lipinski definition) is 0. The molecule has 1 aliphatic carbocycles. The van der Waals surface area contributed by atoms with Crippen molar-refractivity contribution in [2.24, 2.45) is 11.3 Å². The van der Waals surface area contributed by atoms with Crippen LogP contribution in [0.5, 0.6) is 0 Å². The lowest BCUT2D eigenvalue weighted by molar-refractivity contribution is 0.174. The average Bonchev–Trinajstić information content (AvgIpc) is 2.66. The monoisotopic (exact) mass is 308 g/mol. The van der Waals surface area contributed by atoms with E-state index < -0.39 is 10.1 Å². The number of alkyl halides is 1. The molecule has 1 aliphatic rings. The van der Waals surface area contributed by atoms with Crippen LogP contribution in [0.4, 0.5) is 0 Å². The highest BCUT2D eigenvalue weighted by Crippen LogP contribution is 2.31. The SMILES string of the molecule is CC(CBr)(COS(C)(=O)=O)CC1C=CC=C1. The average molecular weight is 309 g/mol. The molecule has 0 heterocycles. The molecule has 0 saturated carbocycles. The first kappa shape index (κ1) is 13.9. The zero-order valence-corrected chi connectivity index (χ0v) is 11.9. The predicted molar refractivity (Wildman–Crippen MR) is 69.1 cm³/mol. The van der Waals surface area contributed by atoms with Crippen LogP contribution in [0.1, 0.15) is 13.3 Å². The third-order valence-corrected chi connectivity index (χ3v) is 4.40. The molecule has 5 heteroatoms. The summed E-state index contributed by atoms with van der Waals surface area (Å²) in [6.45, 7) is 2.24. The quantitative estimate of drug-likeness (QED) is 0.559. The van der Waals surface area contributed by atoms with Gasteiger partial charge in [-0.3, -0.25) is 4.18 Å². The lowest BCUT2D eigenvalue weighted by atomic mass is 9.84. The molecular weight excluding hydrogens is 292 g/mol. The van der Waals surface area contributed by atoms with Crippen molar-refractivity contribution in [1.82, 2.24) is 0 Å². The van der Waals surface area contributed by atoms with E-state index in [1.165, 1.54) is 0 Å². The molecule has 0 saturated heterocycles. The summed E-state index contributed by atoms with van der Waals surface area (Å²) in [5, 5.41) is 0.716. The second-order valence-corrected chi connectivity index (χ2v) is 6.75. The van der Waals surface area contributed by atoms with Crippen LogP contribution in [0, 0.1) is 11.3 Å². The number of halogens is 1. The van der Waals surface area contributed by atoms with Crippen LogP contribution in [0.3, 0.4) is 0 Å². The molecule has 0 aromatic heterocycles. The van der Waals surface area contributed by atoms with Crippen molar-refractivity contribution >= 4 is 26.0 Å². The predicted octanol–water partition coefficient (Wildman–Crippen LogP) is 2.50. The molecule has 92 valence electrons. The molecular formula is C11H17BrO3S. The summed E-state index contributed by atoms with van der Waals surface area (Å²) in [7, 11) is -3.36. The van der Waals surface area contributed by atoms with Crippen LogP contribution in [0.15, 0.2) is 24.3 Å². The summed E-state index contributed by atoms with van der Waals surface area (Å²) in [4.78, 5) is 0. The standard InChI is InChI=1S/C11H17BrO3S/c1-11(8-12,9-15-16(2,13)14)7-10-5-3-4-6-10/h3-6,10H,7-9H2,1-2H3. The minimum absolute atomic E-state index is 0.174. The maximum absolute atomic E-state index is 11.0. The van der Waals surface area contributed by atoms with Gasteiger partial charge in [0.2, 0.25) is 0 Å². The van der Waals surface area contributed by atoms with Gasteiger partial charge in [0.15, 0.2) is 0 Å². The van der Waals surface area contributed by atoms with Crippen molar-refractivity contribution in [3.63, 3.8) is 0 Å². The van der Waals surface area contributed by atoms with Gasteiger partial charge in [0.25, 0.3) is 10.1 Å². The minimum Gasteiger partial charge on any atom is -0.270 e. The summed E-state index contributed by atoms with van der Waals surface area (Å²) >= 11 is 3.42. The van der Waals surface area contributed by atoms with E-state index in [1.807, 2.05) is 19.1 Å². The Morgan fingerprint density at radius 3 is 2.38 bits per heavy atom. The van der Waals surface area contributed by atoms with Crippen LogP contribution < -0.4 is 0 Å². The van der Waals surface area contributed by atoms with E-state index in [-0.39, 0.29) is 12.0 Å². The fraction of sp³-hybridized carbons (Fsp3) is 0.636. The topological polar surface area (TPSA) is 43.4 Å². The molecule has 0 spiro atoms. The first-order valence-corrected chi connectivity index (χ1v) is 8.04. The normalized spacial score (nSPS) is 20.2. The van der Waals surface area contributed by atoms with Crippen molar-refractivity contribution in [2.45, 2.75) is 13.3 Å². The largest absolute Gasteiger partial charge is 0.270 e. The first-order chi connectivity index (χ1) is 7.35. The van der Waals surface area contributed by atoms with Gasteiger partial charge in [-0.15, -0.1) is 0 Å². The van der Waals surface area contributed by atoms with Crippen LogP contribution in [0.25, 0.3) is 0 Å². The molecule has 0 aromatic rings. The van der Waals surface area contributed by atoms with E-state index in [1.54, 1.807) is 0 Å². The zero-order valence-electron chi connectivity index (χ0n) is 9.52. The number of rotatable bonds is 6. The third-order valence-electron chi connectivity index (χ3n) is 2.50. The van der Waals surface area contributed by atoms with Gasteiger partial charge in [0.1, 0.15) is 0 Å². The maximum Gasteiger partial charge on any atom is 0.264 e. The van der Waals surface area contributed by atoms with Gasteiger partial charge in [-0.05, 0) is 12.3 Å². The van der Waals surface area contributed by atoms with Gasteiger partial charge in [-0.2, -0.15) is 8.42 Å². The summed E-state index contributed by atoms with van der Waals surface area (Å²) < 4.78 is 26.8. The van der Waals surface area contributed by atoms with Crippen LogP contribution in [-0.4, -0.2) is 26.6 Å². The van der Waals surface area contributed by atoms with E-state index in [0.717, 1.165) is 12.7 Å². The molecule has 3 nitrogen and oxygen atoms in total. The molecule has 0 aliphatic heterocycles. The molecule has 0 radical (unpaired) electrons. The van der Waals surface area contributed by atoms with E-state index >= 15 is 0 Å². The molecule has 1 rings (SSSR count). The lowest BCUT2D eigenvalue weighted by Crippen LogP contribution is -2.28. The second kappa shape index (κ2) is 5.47. The van der Waals surface area contributed by atoms with Gasteiger partial charge in [-0.25, -0.2) is 0 Å².